The second-order valence-corrected chi connectivity index (χ2v) is 5.61. The molecule has 128 valence electrons. The van der Waals surface area contributed by atoms with E-state index < -0.39 is 5.95 Å². The third kappa shape index (κ3) is 4.91. The van der Waals surface area contributed by atoms with Crippen molar-refractivity contribution in [3.63, 3.8) is 0 Å². The minimum absolute atomic E-state index is 0.491. The summed E-state index contributed by atoms with van der Waals surface area (Å²) >= 11 is 0. The number of hydrogen-bond donors (Lipinski definition) is 1. The summed E-state index contributed by atoms with van der Waals surface area (Å²) in [6.07, 6.45) is 0. The number of morpholine rings is 1. The van der Waals surface area contributed by atoms with Gasteiger partial charge in [0.1, 0.15) is 18.2 Å². The van der Waals surface area contributed by atoms with Crippen LogP contribution >= 0.6 is 0 Å². The molecule has 1 saturated heterocycles. The molecule has 0 spiro atoms. The molecule has 1 fully saturated rings. The molecular formula is C18H22FN3O2. The predicted molar refractivity (Wildman–Crippen MR) is 90.7 cm³/mol. The first-order valence-electron chi connectivity index (χ1n) is 8.18. The zero-order valence-corrected chi connectivity index (χ0v) is 13.6. The van der Waals surface area contributed by atoms with Crippen LogP contribution in [0.15, 0.2) is 42.5 Å². The molecule has 2 heterocycles. The van der Waals surface area contributed by atoms with Crippen LogP contribution in [-0.2, 0) is 11.3 Å². The topological polar surface area (TPSA) is 46.6 Å². The molecule has 0 unspecified atom stereocenters. The molecule has 3 rings (SSSR count). The Morgan fingerprint density at radius 2 is 1.96 bits per heavy atom. The molecule has 0 radical (unpaired) electrons. The number of ether oxygens (including phenoxy) is 2. The van der Waals surface area contributed by atoms with E-state index in [1.165, 1.54) is 6.07 Å². The van der Waals surface area contributed by atoms with Gasteiger partial charge in [-0.3, -0.25) is 4.90 Å². The maximum absolute atomic E-state index is 13.1. The van der Waals surface area contributed by atoms with Crippen LogP contribution in [0.2, 0.25) is 0 Å². The van der Waals surface area contributed by atoms with E-state index in [1.54, 1.807) is 12.1 Å². The number of anilines is 1. The summed E-state index contributed by atoms with van der Waals surface area (Å²) in [5.41, 5.74) is 1.02. The summed E-state index contributed by atoms with van der Waals surface area (Å²) < 4.78 is 24.4. The Bertz CT molecular complexity index is 648. The van der Waals surface area contributed by atoms with E-state index in [-0.39, 0.29) is 0 Å². The zero-order chi connectivity index (χ0) is 16.6. The van der Waals surface area contributed by atoms with E-state index in [0.717, 1.165) is 44.2 Å². The van der Waals surface area contributed by atoms with Crippen LogP contribution in [0.5, 0.6) is 5.75 Å². The summed E-state index contributed by atoms with van der Waals surface area (Å²) in [7, 11) is 0. The maximum atomic E-state index is 13.1. The van der Waals surface area contributed by atoms with Crippen LogP contribution < -0.4 is 10.1 Å². The smallest absolute Gasteiger partial charge is 0.214 e. The number of nitrogens with one attached hydrogen (secondary N) is 1. The SMILES string of the molecule is Fc1cccc(NCc2ccccc2OCCN2CCOCC2)n1. The van der Waals surface area contributed by atoms with E-state index in [2.05, 4.69) is 15.2 Å². The lowest BCUT2D eigenvalue weighted by Gasteiger charge is -2.26. The monoisotopic (exact) mass is 331 g/mol. The summed E-state index contributed by atoms with van der Waals surface area (Å²) in [5.74, 6) is 0.864. The molecule has 0 saturated carbocycles. The third-order valence-electron chi connectivity index (χ3n) is 3.92. The fraction of sp³-hybridized carbons (Fsp3) is 0.389. The van der Waals surface area contributed by atoms with Crippen LogP contribution in [0, 0.1) is 5.95 Å². The highest BCUT2D eigenvalue weighted by molar-refractivity contribution is 5.39. The van der Waals surface area contributed by atoms with Crippen LogP contribution in [0.1, 0.15) is 5.56 Å². The highest BCUT2D eigenvalue weighted by Gasteiger charge is 2.10. The second kappa shape index (κ2) is 8.61. The predicted octanol–water partition coefficient (Wildman–Crippen LogP) is 2.54. The fourth-order valence-electron chi connectivity index (χ4n) is 2.59. The molecule has 0 aliphatic carbocycles. The van der Waals surface area contributed by atoms with Crippen molar-refractivity contribution in [2.45, 2.75) is 6.54 Å². The number of halogens is 1. The molecule has 5 nitrogen and oxygen atoms in total. The Balaban J connectivity index is 1.52. The minimum atomic E-state index is -0.491. The maximum Gasteiger partial charge on any atom is 0.214 e. The summed E-state index contributed by atoms with van der Waals surface area (Å²) in [4.78, 5) is 6.14. The van der Waals surface area contributed by atoms with Gasteiger partial charge in [0.2, 0.25) is 5.95 Å². The van der Waals surface area contributed by atoms with Gasteiger partial charge in [0.25, 0.3) is 0 Å². The first-order chi connectivity index (χ1) is 11.8. The second-order valence-electron chi connectivity index (χ2n) is 5.61. The van der Waals surface area contributed by atoms with Crippen molar-refractivity contribution in [1.82, 2.24) is 9.88 Å². The molecule has 0 bridgehead atoms. The molecule has 1 aromatic heterocycles. The molecule has 1 N–H and O–H groups in total. The van der Waals surface area contributed by atoms with Gasteiger partial charge in [0, 0.05) is 31.7 Å². The number of nitrogens with zero attached hydrogens (tertiary/aromatic N) is 2. The Kier molecular flexibility index (Phi) is 5.98. The number of rotatable bonds is 7. The van der Waals surface area contributed by atoms with Crippen LogP contribution in [0.4, 0.5) is 10.2 Å². The Morgan fingerprint density at radius 1 is 1.12 bits per heavy atom. The van der Waals surface area contributed by atoms with Crippen LogP contribution in [0.3, 0.4) is 0 Å². The Hall–Kier alpha value is -2.18. The van der Waals surface area contributed by atoms with Crippen LogP contribution in [0.25, 0.3) is 0 Å². The molecule has 1 aliphatic rings. The molecule has 0 amide bonds. The normalized spacial score (nSPS) is 15.2. The van der Waals surface area contributed by atoms with Gasteiger partial charge in [-0.1, -0.05) is 24.3 Å². The molecule has 0 atom stereocenters. The number of pyridine rings is 1. The number of hydrogen-bond acceptors (Lipinski definition) is 5. The van der Waals surface area contributed by atoms with Crippen LogP contribution in [-0.4, -0.2) is 49.3 Å². The molecule has 24 heavy (non-hydrogen) atoms. The number of aromatic nitrogens is 1. The molecule has 2 aromatic rings. The molecular weight excluding hydrogens is 309 g/mol. The van der Waals surface area contributed by atoms with Crippen molar-refractivity contribution < 1.29 is 13.9 Å². The lowest BCUT2D eigenvalue weighted by molar-refractivity contribution is 0.0322. The largest absolute Gasteiger partial charge is 0.492 e. The van der Waals surface area contributed by atoms with Gasteiger partial charge in [-0.25, -0.2) is 4.98 Å². The summed E-state index contributed by atoms with van der Waals surface area (Å²) in [6.45, 7) is 5.55. The number of benzene rings is 1. The van der Waals surface area contributed by atoms with Crippen molar-refractivity contribution in [3.05, 3.63) is 54.0 Å². The zero-order valence-electron chi connectivity index (χ0n) is 13.6. The van der Waals surface area contributed by atoms with Gasteiger partial charge < -0.3 is 14.8 Å². The van der Waals surface area contributed by atoms with Gasteiger partial charge in [-0.15, -0.1) is 0 Å². The van der Waals surface area contributed by atoms with Gasteiger partial charge in [0.05, 0.1) is 13.2 Å². The quantitative estimate of drug-likeness (QED) is 0.790. The third-order valence-corrected chi connectivity index (χ3v) is 3.92. The van der Waals surface area contributed by atoms with Gasteiger partial charge in [-0.2, -0.15) is 4.39 Å². The van der Waals surface area contributed by atoms with Crippen molar-refractivity contribution in [2.75, 3.05) is 44.8 Å². The van der Waals surface area contributed by atoms with E-state index in [9.17, 15) is 4.39 Å². The molecule has 1 aliphatic heterocycles. The highest BCUT2D eigenvalue weighted by atomic mass is 19.1. The van der Waals surface area contributed by atoms with E-state index >= 15 is 0 Å². The fourth-order valence-corrected chi connectivity index (χ4v) is 2.59. The first kappa shape index (κ1) is 16.7. The molecule has 6 heteroatoms. The summed E-state index contributed by atoms with van der Waals surface area (Å²) in [5, 5.41) is 3.12. The van der Waals surface area contributed by atoms with E-state index in [0.29, 0.717) is 19.0 Å². The first-order valence-corrected chi connectivity index (χ1v) is 8.18. The number of para-hydroxylation sites is 1. The lowest BCUT2D eigenvalue weighted by atomic mass is 10.2. The van der Waals surface area contributed by atoms with Gasteiger partial charge in [0.15, 0.2) is 0 Å². The minimum Gasteiger partial charge on any atom is -0.492 e. The van der Waals surface area contributed by atoms with Crippen molar-refractivity contribution in [3.8, 4) is 5.75 Å². The molecule has 1 aromatic carbocycles. The average Bonchev–Trinajstić information content (AvgIpc) is 2.62. The summed E-state index contributed by atoms with van der Waals surface area (Å²) in [6, 6.07) is 12.6. The van der Waals surface area contributed by atoms with Gasteiger partial charge >= 0.3 is 0 Å². The van der Waals surface area contributed by atoms with Crippen molar-refractivity contribution in [1.29, 1.82) is 0 Å². The average molecular weight is 331 g/mol. The van der Waals surface area contributed by atoms with Crippen molar-refractivity contribution >= 4 is 5.82 Å². The van der Waals surface area contributed by atoms with E-state index in [4.69, 9.17) is 9.47 Å². The van der Waals surface area contributed by atoms with Gasteiger partial charge in [-0.05, 0) is 18.2 Å². The Morgan fingerprint density at radius 3 is 2.79 bits per heavy atom. The standard InChI is InChI=1S/C18H22FN3O2/c19-17-6-3-7-18(21-17)20-14-15-4-1-2-5-16(15)24-13-10-22-8-11-23-12-9-22/h1-7H,8-14H2,(H,20,21). The van der Waals surface area contributed by atoms with E-state index in [1.807, 2.05) is 24.3 Å². The van der Waals surface area contributed by atoms with Crippen molar-refractivity contribution in [2.24, 2.45) is 0 Å². The highest BCUT2D eigenvalue weighted by Crippen LogP contribution is 2.19. The lowest BCUT2D eigenvalue weighted by Crippen LogP contribution is -2.38. The Labute approximate surface area is 141 Å².